The van der Waals surface area contributed by atoms with Gasteiger partial charge in [0.05, 0.1) is 11.3 Å². The van der Waals surface area contributed by atoms with Crippen LogP contribution in [-0.2, 0) is 0 Å². The van der Waals surface area contributed by atoms with E-state index in [1.807, 2.05) is 18.2 Å². The zero-order valence-electron chi connectivity index (χ0n) is 15.9. The van der Waals surface area contributed by atoms with E-state index in [4.69, 9.17) is 4.42 Å². The van der Waals surface area contributed by atoms with Crippen LogP contribution in [0.5, 0.6) is 0 Å². The van der Waals surface area contributed by atoms with Gasteiger partial charge in [0.25, 0.3) is 0 Å². The van der Waals surface area contributed by atoms with Gasteiger partial charge in [0.2, 0.25) is 0 Å². The number of hydrogen-bond donors (Lipinski definition) is 1. The number of aromatic nitrogens is 2. The van der Waals surface area contributed by atoms with E-state index in [0.29, 0.717) is 27.8 Å². The predicted molar refractivity (Wildman–Crippen MR) is 109 cm³/mol. The molecule has 2 aliphatic heterocycles. The quantitative estimate of drug-likeness (QED) is 0.533. The van der Waals surface area contributed by atoms with Crippen LogP contribution < -0.4 is 15.8 Å². The summed E-state index contributed by atoms with van der Waals surface area (Å²) in [7, 11) is 0. The molecule has 0 aliphatic carbocycles. The van der Waals surface area contributed by atoms with Crippen molar-refractivity contribution < 1.29 is 8.81 Å². The minimum atomic E-state index is -0.478. The van der Waals surface area contributed by atoms with E-state index in [2.05, 4.69) is 15.2 Å². The molecule has 6 nitrogen and oxygen atoms in total. The number of pyridine rings is 1. The highest BCUT2D eigenvalue weighted by Gasteiger charge is 2.47. The molecule has 29 heavy (non-hydrogen) atoms. The van der Waals surface area contributed by atoms with E-state index in [9.17, 15) is 9.18 Å². The lowest BCUT2D eigenvalue weighted by atomic mass is 9.74. The third-order valence-corrected chi connectivity index (χ3v) is 6.08. The van der Waals surface area contributed by atoms with E-state index < -0.39 is 11.4 Å². The highest BCUT2D eigenvalue weighted by Crippen LogP contribution is 2.38. The summed E-state index contributed by atoms with van der Waals surface area (Å²) in [5.41, 5.74) is 3.31. The Bertz CT molecular complexity index is 1340. The minimum absolute atomic E-state index is 0.245. The van der Waals surface area contributed by atoms with Crippen molar-refractivity contribution in [1.82, 2.24) is 14.7 Å². The van der Waals surface area contributed by atoms with Crippen LogP contribution in [0.25, 0.3) is 27.7 Å². The molecule has 3 aromatic heterocycles. The molecule has 0 saturated carbocycles. The number of rotatable bonds is 2. The summed E-state index contributed by atoms with van der Waals surface area (Å²) in [4.78, 5) is 19.1. The third-order valence-electron chi connectivity index (χ3n) is 6.08. The molecule has 1 aromatic carbocycles. The van der Waals surface area contributed by atoms with Crippen molar-refractivity contribution in [3.8, 4) is 11.1 Å². The second kappa shape index (κ2) is 5.67. The fraction of sp³-hybridized carbons (Fsp3) is 0.273. The maximum absolute atomic E-state index is 14.4. The maximum Gasteiger partial charge on any atom is 0.344 e. The average molecular weight is 390 g/mol. The van der Waals surface area contributed by atoms with Crippen LogP contribution in [-0.4, -0.2) is 35.6 Å². The molecule has 0 amide bonds. The molecule has 7 heteroatoms. The predicted octanol–water partition coefficient (Wildman–Crippen LogP) is 2.96. The molecule has 1 spiro atoms. The Morgan fingerprint density at radius 3 is 2.76 bits per heavy atom. The molecular weight excluding hydrogens is 371 g/mol. The van der Waals surface area contributed by atoms with Crippen molar-refractivity contribution in [2.24, 2.45) is 5.41 Å². The Morgan fingerprint density at radius 2 is 2.00 bits per heavy atom. The number of fused-ring (bicyclic) bond motifs is 2. The molecule has 1 N–H and O–H groups in total. The van der Waals surface area contributed by atoms with E-state index in [1.54, 1.807) is 29.8 Å². The number of benzene rings is 1. The van der Waals surface area contributed by atoms with Crippen molar-refractivity contribution in [2.75, 3.05) is 31.1 Å². The summed E-state index contributed by atoms with van der Waals surface area (Å²) in [6, 6.07) is 9.02. The van der Waals surface area contributed by atoms with Gasteiger partial charge >= 0.3 is 5.63 Å². The number of aryl methyl sites for hydroxylation is 1. The van der Waals surface area contributed by atoms with E-state index in [0.717, 1.165) is 37.3 Å². The van der Waals surface area contributed by atoms with Crippen molar-refractivity contribution in [3.63, 3.8) is 0 Å². The fourth-order valence-electron chi connectivity index (χ4n) is 4.47. The summed E-state index contributed by atoms with van der Waals surface area (Å²) in [6.45, 7) is 6.00. The Labute approximate surface area is 165 Å². The minimum Gasteiger partial charge on any atom is -0.422 e. The van der Waals surface area contributed by atoms with Crippen molar-refractivity contribution >= 4 is 22.3 Å². The lowest BCUT2D eigenvalue weighted by Crippen LogP contribution is -2.71. The first-order valence-electron chi connectivity index (χ1n) is 9.69. The number of nitrogens with one attached hydrogen (secondary N) is 1. The van der Waals surface area contributed by atoms with Crippen LogP contribution in [0, 0.1) is 18.2 Å². The van der Waals surface area contributed by atoms with Gasteiger partial charge in [-0.05, 0) is 31.2 Å². The van der Waals surface area contributed by atoms with Crippen molar-refractivity contribution in [3.05, 3.63) is 64.7 Å². The third kappa shape index (κ3) is 2.50. The van der Waals surface area contributed by atoms with E-state index >= 15 is 0 Å². The molecule has 146 valence electrons. The van der Waals surface area contributed by atoms with Gasteiger partial charge in [-0.2, -0.15) is 0 Å². The highest BCUT2D eigenvalue weighted by atomic mass is 19.1. The van der Waals surface area contributed by atoms with Crippen LogP contribution in [0.3, 0.4) is 0 Å². The summed E-state index contributed by atoms with van der Waals surface area (Å²) in [6.07, 6.45) is 3.44. The zero-order valence-corrected chi connectivity index (χ0v) is 15.9. The highest BCUT2D eigenvalue weighted by molar-refractivity contribution is 5.84. The first kappa shape index (κ1) is 16.7. The number of halogens is 1. The topological polar surface area (TPSA) is 62.8 Å². The van der Waals surface area contributed by atoms with Gasteiger partial charge in [0.15, 0.2) is 11.5 Å². The first-order chi connectivity index (χ1) is 14.0. The molecule has 0 bridgehead atoms. The average Bonchev–Trinajstić information content (AvgIpc) is 2.99. The van der Waals surface area contributed by atoms with Crippen molar-refractivity contribution in [2.45, 2.75) is 6.92 Å². The van der Waals surface area contributed by atoms with Crippen LogP contribution in [0.15, 0.2) is 51.9 Å². The molecule has 0 atom stereocenters. The van der Waals surface area contributed by atoms with Gasteiger partial charge in [-0.3, -0.25) is 0 Å². The lowest BCUT2D eigenvalue weighted by molar-refractivity contribution is 0.121. The number of imidazole rings is 1. The molecule has 0 unspecified atom stereocenters. The molecule has 2 fully saturated rings. The molecule has 2 aliphatic rings. The monoisotopic (exact) mass is 390 g/mol. The number of nitrogens with zero attached hydrogens (tertiary/aromatic N) is 3. The van der Waals surface area contributed by atoms with Gasteiger partial charge < -0.3 is 19.0 Å². The largest absolute Gasteiger partial charge is 0.422 e. The number of hydrogen-bond acceptors (Lipinski definition) is 5. The van der Waals surface area contributed by atoms with Gasteiger partial charge in [0.1, 0.15) is 5.58 Å². The Morgan fingerprint density at radius 1 is 1.17 bits per heavy atom. The Hall–Kier alpha value is -3.19. The van der Waals surface area contributed by atoms with Crippen LogP contribution >= 0.6 is 0 Å². The normalized spacial score (nSPS) is 17.7. The molecule has 0 radical (unpaired) electrons. The number of anilines is 1. The van der Waals surface area contributed by atoms with Crippen LogP contribution in [0.2, 0.25) is 0 Å². The second-order valence-corrected chi connectivity index (χ2v) is 8.32. The van der Waals surface area contributed by atoms with Gasteiger partial charge in [-0.15, -0.1) is 0 Å². The van der Waals surface area contributed by atoms with Crippen molar-refractivity contribution in [1.29, 1.82) is 0 Å². The lowest BCUT2D eigenvalue weighted by Gasteiger charge is -2.57. The van der Waals surface area contributed by atoms with Gasteiger partial charge in [-0.25, -0.2) is 14.2 Å². The van der Waals surface area contributed by atoms with E-state index in [-0.39, 0.29) is 5.65 Å². The molecular formula is C22H19FN4O2. The SMILES string of the molecule is Cc1cn2cc(-c3cc4ccc(N5CC6(CNC6)C5)cc4oc3=O)cc(F)c2n1. The molecule has 6 rings (SSSR count). The second-order valence-electron chi connectivity index (χ2n) is 8.32. The Kier molecular flexibility index (Phi) is 3.27. The summed E-state index contributed by atoms with van der Waals surface area (Å²) >= 11 is 0. The zero-order chi connectivity index (χ0) is 19.8. The van der Waals surface area contributed by atoms with Crippen LogP contribution in [0.4, 0.5) is 10.1 Å². The van der Waals surface area contributed by atoms with Gasteiger partial charge in [0, 0.05) is 66.7 Å². The summed E-state index contributed by atoms with van der Waals surface area (Å²) in [5.74, 6) is -0.470. The fourth-order valence-corrected chi connectivity index (χ4v) is 4.47. The molecule has 2 saturated heterocycles. The standard InChI is InChI=1S/C22H19FN4O2/c1-13-7-26-8-15(5-18(23)20(26)25-13)17-4-14-2-3-16(6-19(14)29-21(17)28)27-11-22(12-27)9-24-10-22/h2-8,24H,9-12H2,1H3. The van der Waals surface area contributed by atoms with Crippen LogP contribution in [0.1, 0.15) is 5.69 Å². The maximum atomic E-state index is 14.4. The molecule has 5 heterocycles. The summed E-state index contributed by atoms with van der Waals surface area (Å²) < 4.78 is 21.7. The Balaban J connectivity index is 1.40. The van der Waals surface area contributed by atoms with Gasteiger partial charge in [-0.1, -0.05) is 0 Å². The summed E-state index contributed by atoms with van der Waals surface area (Å²) in [5, 5.41) is 4.14. The molecule has 4 aromatic rings. The van der Waals surface area contributed by atoms with E-state index in [1.165, 1.54) is 6.07 Å². The first-order valence-corrected chi connectivity index (χ1v) is 9.69. The smallest absolute Gasteiger partial charge is 0.344 e.